The van der Waals surface area contributed by atoms with Crippen LogP contribution < -0.4 is 0 Å². The predicted octanol–water partition coefficient (Wildman–Crippen LogP) is 2.83. The fourth-order valence-corrected chi connectivity index (χ4v) is 2.87. The Hall–Kier alpha value is -1.77. The Morgan fingerprint density at radius 1 is 1.10 bits per heavy atom. The van der Waals surface area contributed by atoms with Gasteiger partial charge in [0.05, 0.1) is 5.41 Å². The van der Waals surface area contributed by atoms with Gasteiger partial charge in [-0.1, -0.05) is 29.8 Å². The highest BCUT2D eigenvalue weighted by atomic mass is 16.2. The summed E-state index contributed by atoms with van der Waals surface area (Å²) < 4.78 is 0. The van der Waals surface area contributed by atoms with Crippen molar-refractivity contribution in [2.45, 2.75) is 46.0 Å². The monoisotopic (exact) mass is 272 g/mol. The molecule has 0 bridgehead atoms. The zero-order valence-corrected chi connectivity index (χ0v) is 12.1. The lowest BCUT2D eigenvalue weighted by Crippen LogP contribution is -2.35. The molecule has 0 aromatic heterocycles. The minimum atomic E-state index is -0.957. The molecule has 1 saturated carbocycles. The molecule has 0 heterocycles. The number of rotatable bonds is 5. The molecule has 0 N–H and O–H groups in total. The minimum Gasteiger partial charge on any atom is -0.300 e. The molecular weight excluding hydrogens is 252 g/mol. The fraction of sp³-hybridized carbons (Fsp3) is 0.471. The van der Waals surface area contributed by atoms with Crippen molar-refractivity contribution in [2.24, 2.45) is 5.41 Å². The predicted molar refractivity (Wildman–Crippen MR) is 76.5 cm³/mol. The minimum absolute atomic E-state index is 0.00400. The van der Waals surface area contributed by atoms with Crippen LogP contribution in [-0.2, 0) is 20.8 Å². The van der Waals surface area contributed by atoms with Crippen molar-refractivity contribution in [2.75, 3.05) is 0 Å². The maximum atomic E-state index is 12.3. The third kappa shape index (κ3) is 2.87. The number of Topliss-reactive ketones (excluding diaryl/α,β-unsaturated/α-hetero) is 3. The highest BCUT2D eigenvalue weighted by Gasteiger charge is 2.48. The molecule has 0 saturated heterocycles. The van der Waals surface area contributed by atoms with Gasteiger partial charge in [0.25, 0.3) is 0 Å². The molecule has 1 aromatic rings. The van der Waals surface area contributed by atoms with E-state index in [1.165, 1.54) is 6.92 Å². The number of carbonyl (C=O) groups is 3. The van der Waals surface area contributed by atoms with Crippen molar-refractivity contribution in [1.29, 1.82) is 0 Å². The van der Waals surface area contributed by atoms with Crippen molar-refractivity contribution >= 4 is 17.3 Å². The summed E-state index contributed by atoms with van der Waals surface area (Å²) in [4.78, 5) is 35.7. The van der Waals surface area contributed by atoms with Crippen LogP contribution in [0.5, 0.6) is 0 Å². The van der Waals surface area contributed by atoms with Crippen molar-refractivity contribution in [1.82, 2.24) is 0 Å². The molecule has 0 spiro atoms. The summed E-state index contributed by atoms with van der Waals surface area (Å²) in [5, 5.41) is 0. The second kappa shape index (κ2) is 5.70. The van der Waals surface area contributed by atoms with Gasteiger partial charge in [-0.05, 0) is 32.3 Å². The van der Waals surface area contributed by atoms with Gasteiger partial charge in [0, 0.05) is 19.3 Å². The van der Waals surface area contributed by atoms with Gasteiger partial charge < -0.3 is 4.79 Å². The Morgan fingerprint density at radius 3 is 2.15 bits per heavy atom. The first kappa shape index (κ1) is 14.6. The lowest BCUT2D eigenvalue weighted by molar-refractivity contribution is -0.135. The molecule has 20 heavy (non-hydrogen) atoms. The van der Waals surface area contributed by atoms with Crippen LogP contribution in [0.15, 0.2) is 24.3 Å². The van der Waals surface area contributed by atoms with E-state index in [1.54, 1.807) is 0 Å². The third-order valence-corrected chi connectivity index (χ3v) is 4.18. The molecule has 0 radical (unpaired) electrons. The smallest absolute Gasteiger partial charge is 0.147 e. The van der Waals surface area contributed by atoms with Crippen molar-refractivity contribution in [3.8, 4) is 0 Å². The van der Waals surface area contributed by atoms with Crippen LogP contribution >= 0.6 is 0 Å². The van der Waals surface area contributed by atoms with Gasteiger partial charge in [-0.15, -0.1) is 0 Å². The van der Waals surface area contributed by atoms with Crippen LogP contribution in [-0.4, -0.2) is 17.3 Å². The number of hydrogen-bond acceptors (Lipinski definition) is 3. The van der Waals surface area contributed by atoms with E-state index in [0.717, 1.165) is 11.1 Å². The summed E-state index contributed by atoms with van der Waals surface area (Å²) in [7, 11) is 0. The Balaban J connectivity index is 2.27. The first-order valence-corrected chi connectivity index (χ1v) is 7.06. The topological polar surface area (TPSA) is 51.2 Å². The SMILES string of the molecule is CC(=O)CCC1(Cc2ccc(C)cc2)C(=O)CCC1=O. The van der Waals surface area contributed by atoms with E-state index in [2.05, 4.69) is 0 Å². The third-order valence-electron chi connectivity index (χ3n) is 4.18. The molecule has 0 aliphatic heterocycles. The number of aryl methyl sites for hydroxylation is 1. The van der Waals surface area contributed by atoms with E-state index in [1.807, 2.05) is 31.2 Å². The summed E-state index contributed by atoms with van der Waals surface area (Å²) in [6.07, 6.45) is 1.72. The molecule has 3 nitrogen and oxygen atoms in total. The van der Waals surface area contributed by atoms with E-state index in [4.69, 9.17) is 0 Å². The van der Waals surface area contributed by atoms with Crippen LogP contribution in [0.3, 0.4) is 0 Å². The van der Waals surface area contributed by atoms with Gasteiger partial charge >= 0.3 is 0 Å². The molecule has 106 valence electrons. The zero-order chi connectivity index (χ0) is 14.8. The molecule has 1 aliphatic carbocycles. The Kier molecular flexibility index (Phi) is 4.17. The van der Waals surface area contributed by atoms with Crippen molar-refractivity contribution in [3.63, 3.8) is 0 Å². The molecule has 0 amide bonds. The number of benzene rings is 1. The Bertz CT molecular complexity index is 524. The van der Waals surface area contributed by atoms with Gasteiger partial charge in [-0.3, -0.25) is 9.59 Å². The van der Waals surface area contributed by atoms with Gasteiger partial charge in [0.1, 0.15) is 17.3 Å². The number of ketones is 3. The lowest BCUT2D eigenvalue weighted by Gasteiger charge is -2.25. The molecule has 1 aliphatic rings. The molecule has 0 unspecified atom stereocenters. The normalized spacial score (nSPS) is 17.5. The van der Waals surface area contributed by atoms with Gasteiger partial charge in [0.2, 0.25) is 0 Å². The molecule has 1 fully saturated rings. The molecule has 2 rings (SSSR count). The van der Waals surface area contributed by atoms with Gasteiger partial charge in [0.15, 0.2) is 0 Å². The summed E-state index contributed by atoms with van der Waals surface area (Å²) >= 11 is 0. The van der Waals surface area contributed by atoms with Crippen LogP contribution in [0, 0.1) is 12.3 Å². The highest BCUT2D eigenvalue weighted by Crippen LogP contribution is 2.39. The molecule has 1 aromatic carbocycles. The summed E-state index contributed by atoms with van der Waals surface area (Å²) in [6, 6.07) is 7.89. The first-order valence-electron chi connectivity index (χ1n) is 7.06. The van der Waals surface area contributed by atoms with E-state index < -0.39 is 5.41 Å². The molecule has 3 heteroatoms. The van der Waals surface area contributed by atoms with Crippen LogP contribution in [0.4, 0.5) is 0 Å². The maximum absolute atomic E-state index is 12.3. The average molecular weight is 272 g/mol. The van der Waals surface area contributed by atoms with Crippen LogP contribution in [0.25, 0.3) is 0 Å². The zero-order valence-electron chi connectivity index (χ0n) is 12.1. The summed E-state index contributed by atoms with van der Waals surface area (Å²) in [5.74, 6) is 0.0365. The number of hydrogen-bond donors (Lipinski definition) is 0. The van der Waals surface area contributed by atoms with Crippen LogP contribution in [0.1, 0.15) is 43.7 Å². The Morgan fingerprint density at radius 2 is 1.65 bits per heavy atom. The van der Waals surface area contributed by atoms with E-state index in [-0.39, 0.29) is 17.3 Å². The van der Waals surface area contributed by atoms with Crippen LogP contribution in [0.2, 0.25) is 0 Å². The molecular formula is C17H20O3. The van der Waals surface area contributed by atoms with Crippen molar-refractivity contribution < 1.29 is 14.4 Å². The second-order valence-electron chi connectivity index (χ2n) is 5.79. The fourth-order valence-electron chi connectivity index (χ4n) is 2.87. The Labute approximate surface area is 119 Å². The maximum Gasteiger partial charge on any atom is 0.147 e. The standard InChI is InChI=1S/C17H20O3/c1-12-3-5-14(6-4-12)11-17(10-9-13(2)18)15(19)7-8-16(17)20/h3-6H,7-11H2,1-2H3. The first-order chi connectivity index (χ1) is 9.44. The quantitative estimate of drug-likeness (QED) is 0.774. The van der Waals surface area contributed by atoms with Gasteiger partial charge in [-0.2, -0.15) is 0 Å². The average Bonchev–Trinajstić information content (AvgIpc) is 2.68. The van der Waals surface area contributed by atoms with Gasteiger partial charge in [-0.25, -0.2) is 0 Å². The largest absolute Gasteiger partial charge is 0.300 e. The second-order valence-corrected chi connectivity index (χ2v) is 5.79. The van der Waals surface area contributed by atoms with Crippen molar-refractivity contribution in [3.05, 3.63) is 35.4 Å². The summed E-state index contributed by atoms with van der Waals surface area (Å²) in [5.41, 5.74) is 1.18. The van der Waals surface area contributed by atoms with E-state index >= 15 is 0 Å². The number of carbonyl (C=O) groups excluding carboxylic acids is 3. The molecule has 0 atom stereocenters. The summed E-state index contributed by atoms with van der Waals surface area (Å²) in [6.45, 7) is 3.50. The highest BCUT2D eigenvalue weighted by molar-refractivity contribution is 6.13. The lowest BCUT2D eigenvalue weighted by atomic mass is 9.74. The van der Waals surface area contributed by atoms with E-state index in [0.29, 0.717) is 32.1 Å². The van der Waals surface area contributed by atoms with E-state index in [9.17, 15) is 14.4 Å².